The zero-order chi connectivity index (χ0) is 14.5. The topological polar surface area (TPSA) is 47.6 Å². The fourth-order valence-corrected chi connectivity index (χ4v) is 1.91. The summed E-state index contributed by atoms with van der Waals surface area (Å²) in [5.74, 6) is 0.390. The number of carbonyl (C=O) groups excluding carboxylic acids is 1. The molecular weight excluding hydrogens is 266 g/mol. The van der Waals surface area contributed by atoms with Gasteiger partial charge in [-0.3, -0.25) is 4.79 Å². The van der Waals surface area contributed by atoms with Gasteiger partial charge in [-0.2, -0.15) is 0 Å². The fraction of sp³-hybridized carbons (Fsp3) is 0.500. The number of rotatable bonds is 6. The summed E-state index contributed by atoms with van der Waals surface area (Å²) < 4.78 is 10.6. The minimum atomic E-state index is -0.832. The Morgan fingerprint density at radius 3 is 2.58 bits per heavy atom. The standard InChI is InChI=1S/C14H20ClNO3/c1-5-14(3,19-6-2)13(17)16-10-7-8-12(18-4)11(15)9-10/h7-9H,5-6H2,1-4H3,(H,16,17)/t14-/m0/s1. The van der Waals surface area contributed by atoms with Gasteiger partial charge >= 0.3 is 0 Å². The summed E-state index contributed by atoms with van der Waals surface area (Å²) in [6, 6.07) is 5.10. The number of methoxy groups -OCH3 is 1. The smallest absolute Gasteiger partial charge is 0.256 e. The molecule has 0 spiro atoms. The van der Waals surface area contributed by atoms with Crippen LogP contribution in [0.4, 0.5) is 5.69 Å². The van der Waals surface area contributed by atoms with Crippen molar-refractivity contribution in [2.75, 3.05) is 19.0 Å². The number of hydrogen-bond acceptors (Lipinski definition) is 3. The molecule has 0 aliphatic carbocycles. The molecular formula is C14H20ClNO3. The maximum absolute atomic E-state index is 12.2. The molecule has 1 aromatic rings. The van der Waals surface area contributed by atoms with E-state index in [-0.39, 0.29) is 5.91 Å². The highest BCUT2D eigenvalue weighted by Gasteiger charge is 2.31. The van der Waals surface area contributed by atoms with Gasteiger partial charge < -0.3 is 14.8 Å². The molecule has 0 fully saturated rings. The average Bonchev–Trinajstić information content (AvgIpc) is 2.39. The summed E-state index contributed by atoms with van der Waals surface area (Å²) in [6.45, 7) is 6.04. The van der Waals surface area contributed by atoms with Gasteiger partial charge in [-0.25, -0.2) is 0 Å². The molecule has 1 amide bonds. The van der Waals surface area contributed by atoms with Crippen molar-refractivity contribution in [2.45, 2.75) is 32.8 Å². The van der Waals surface area contributed by atoms with Crippen molar-refractivity contribution < 1.29 is 14.3 Å². The molecule has 0 bridgehead atoms. The molecule has 1 rings (SSSR count). The van der Waals surface area contributed by atoms with Crippen molar-refractivity contribution in [2.24, 2.45) is 0 Å². The second kappa shape index (κ2) is 6.78. The van der Waals surface area contributed by atoms with Gasteiger partial charge in [0.15, 0.2) is 0 Å². The number of carbonyl (C=O) groups is 1. The maximum atomic E-state index is 12.2. The number of ether oxygens (including phenoxy) is 2. The second-order valence-electron chi connectivity index (χ2n) is 4.32. The van der Waals surface area contributed by atoms with Gasteiger partial charge in [0.05, 0.1) is 12.1 Å². The van der Waals surface area contributed by atoms with Crippen molar-refractivity contribution in [1.82, 2.24) is 0 Å². The van der Waals surface area contributed by atoms with E-state index in [1.165, 1.54) is 0 Å². The van der Waals surface area contributed by atoms with Gasteiger partial charge in [-0.15, -0.1) is 0 Å². The summed E-state index contributed by atoms with van der Waals surface area (Å²) in [6.07, 6.45) is 0.594. The highest BCUT2D eigenvalue weighted by atomic mass is 35.5. The molecule has 4 nitrogen and oxygen atoms in total. The van der Waals surface area contributed by atoms with E-state index in [0.717, 1.165) is 0 Å². The molecule has 106 valence electrons. The summed E-state index contributed by atoms with van der Waals surface area (Å²) in [5, 5.41) is 3.26. The molecule has 1 atom stereocenters. The second-order valence-corrected chi connectivity index (χ2v) is 4.73. The van der Waals surface area contributed by atoms with Crippen LogP contribution < -0.4 is 10.1 Å². The summed E-state index contributed by atoms with van der Waals surface area (Å²) in [4.78, 5) is 12.2. The Hall–Kier alpha value is -1.26. The van der Waals surface area contributed by atoms with Crippen molar-refractivity contribution in [3.63, 3.8) is 0 Å². The first-order chi connectivity index (χ1) is 8.96. The molecule has 0 aliphatic heterocycles. The zero-order valence-electron chi connectivity index (χ0n) is 11.7. The molecule has 0 unspecified atom stereocenters. The van der Waals surface area contributed by atoms with Crippen LogP contribution in [0, 0.1) is 0 Å². The van der Waals surface area contributed by atoms with Crippen LogP contribution in [0.3, 0.4) is 0 Å². The van der Waals surface area contributed by atoms with Crippen LogP contribution in [-0.2, 0) is 9.53 Å². The monoisotopic (exact) mass is 285 g/mol. The van der Waals surface area contributed by atoms with E-state index in [1.54, 1.807) is 32.2 Å². The lowest BCUT2D eigenvalue weighted by Crippen LogP contribution is -2.42. The van der Waals surface area contributed by atoms with Crippen molar-refractivity contribution in [3.8, 4) is 5.75 Å². The van der Waals surface area contributed by atoms with Gasteiger partial charge in [0, 0.05) is 12.3 Å². The molecule has 0 saturated heterocycles. The normalized spacial score (nSPS) is 13.7. The van der Waals surface area contributed by atoms with E-state index >= 15 is 0 Å². The fourth-order valence-electron chi connectivity index (χ4n) is 1.65. The van der Waals surface area contributed by atoms with Crippen LogP contribution in [0.15, 0.2) is 18.2 Å². The Morgan fingerprint density at radius 2 is 2.11 bits per heavy atom. The Labute approximate surface area is 119 Å². The molecule has 1 aromatic carbocycles. The Balaban J connectivity index is 2.84. The van der Waals surface area contributed by atoms with Crippen LogP contribution in [-0.4, -0.2) is 25.2 Å². The van der Waals surface area contributed by atoms with E-state index in [9.17, 15) is 4.79 Å². The first-order valence-corrected chi connectivity index (χ1v) is 6.63. The first-order valence-electron chi connectivity index (χ1n) is 6.25. The largest absolute Gasteiger partial charge is 0.495 e. The number of hydrogen-bond donors (Lipinski definition) is 1. The molecule has 0 aliphatic rings. The summed E-state index contributed by atoms with van der Waals surface area (Å²) >= 11 is 6.01. The van der Waals surface area contributed by atoms with Gasteiger partial charge in [-0.1, -0.05) is 18.5 Å². The molecule has 0 aromatic heterocycles. The highest BCUT2D eigenvalue weighted by molar-refractivity contribution is 6.32. The molecule has 0 heterocycles. The summed E-state index contributed by atoms with van der Waals surface area (Å²) in [7, 11) is 1.54. The van der Waals surface area contributed by atoms with Crippen molar-refractivity contribution in [1.29, 1.82) is 0 Å². The van der Waals surface area contributed by atoms with Gasteiger partial charge in [0.1, 0.15) is 11.4 Å². The third kappa shape index (κ3) is 3.85. The quantitative estimate of drug-likeness (QED) is 0.870. The Kier molecular flexibility index (Phi) is 5.63. The van der Waals surface area contributed by atoms with E-state index in [4.69, 9.17) is 21.1 Å². The van der Waals surface area contributed by atoms with Crippen LogP contribution in [0.5, 0.6) is 5.75 Å². The minimum absolute atomic E-state index is 0.182. The first kappa shape index (κ1) is 15.8. The van der Waals surface area contributed by atoms with Crippen molar-refractivity contribution in [3.05, 3.63) is 23.2 Å². The van der Waals surface area contributed by atoms with Crippen LogP contribution in [0.1, 0.15) is 27.2 Å². The van der Waals surface area contributed by atoms with Gasteiger partial charge in [0.25, 0.3) is 5.91 Å². The van der Waals surface area contributed by atoms with Crippen molar-refractivity contribution >= 4 is 23.2 Å². The van der Waals surface area contributed by atoms with Gasteiger partial charge in [0.2, 0.25) is 0 Å². The number of benzene rings is 1. The van der Waals surface area contributed by atoms with Crippen LogP contribution in [0.25, 0.3) is 0 Å². The molecule has 0 radical (unpaired) electrons. The average molecular weight is 286 g/mol. The number of nitrogens with one attached hydrogen (secondary N) is 1. The number of amides is 1. The summed E-state index contributed by atoms with van der Waals surface area (Å²) in [5.41, 5.74) is -0.212. The number of halogens is 1. The lowest BCUT2D eigenvalue weighted by molar-refractivity contribution is -0.139. The Bertz CT molecular complexity index is 450. The maximum Gasteiger partial charge on any atom is 0.256 e. The molecule has 1 N–H and O–H groups in total. The predicted octanol–water partition coefficient (Wildman–Crippen LogP) is 3.49. The van der Waals surface area contributed by atoms with E-state index in [2.05, 4.69) is 5.32 Å². The third-order valence-corrected chi connectivity index (χ3v) is 3.32. The van der Waals surface area contributed by atoms with E-state index in [0.29, 0.717) is 29.5 Å². The van der Waals surface area contributed by atoms with E-state index in [1.807, 2.05) is 13.8 Å². The molecule has 19 heavy (non-hydrogen) atoms. The minimum Gasteiger partial charge on any atom is -0.495 e. The van der Waals surface area contributed by atoms with Gasteiger partial charge in [-0.05, 0) is 38.5 Å². The zero-order valence-corrected chi connectivity index (χ0v) is 12.5. The number of anilines is 1. The molecule has 0 saturated carbocycles. The van der Waals surface area contributed by atoms with Crippen LogP contribution in [0.2, 0.25) is 5.02 Å². The lowest BCUT2D eigenvalue weighted by atomic mass is 10.0. The Morgan fingerprint density at radius 1 is 1.42 bits per heavy atom. The molecule has 5 heteroatoms. The highest BCUT2D eigenvalue weighted by Crippen LogP contribution is 2.28. The predicted molar refractivity (Wildman–Crippen MR) is 77.0 cm³/mol. The lowest BCUT2D eigenvalue weighted by Gasteiger charge is -2.26. The van der Waals surface area contributed by atoms with Crippen LogP contribution >= 0.6 is 11.6 Å². The SMILES string of the molecule is CCO[C@@](C)(CC)C(=O)Nc1ccc(OC)c(Cl)c1. The van der Waals surface area contributed by atoms with E-state index < -0.39 is 5.60 Å². The third-order valence-electron chi connectivity index (χ3n) is 3.03.